The molecule has 1 fully saturated rings. The minimum absolute atomic E-state index is 0.0910. The number of aryl methyl sites for hydroxylation is 1. The fraction of sp³-hybridized carbons (Fsp3) is 0.435. The molecule has 9 nitrogen and oxygen atoms in total. The molecule has 1 aromatic heterocycles. The topological polar surface area (TPSA) is 106 Å². The van der Waals surface area contributed by atoms with Gasteiger partial charge in [0, 0.05) is 19.0 Å². The van der Waals surface area contributed by atoms with E-state index in [1.165, 1.54) is 23.5 Å². The first-order chi connectivity index (χ1) is 15.5. The van der Waals surface area contributed by atoms with E-state index in [2.05, 4.69) is 4.98 Å². The largest absolute Gasteiger partial charge is 0.444 e. The predicted octanol–water partition coefficient (Wildman–Crippen LogP) is 3.93. The minimum atomic E-state index is -0.794. The molecule has 10 heteroatoms. The van der Waals surface area contributed by atoms with E-state index < -0.39 is 23.4 Å². The SMILES string of the molecule is Cc1nc(C2CCN(C(=O)OC(C)(C)C)CC2)sc1C(=O)ON1C(=O)c2ccccc2C1=O. The molecule has 0 spiro atoms. The molecule has 1 saturated heterocycles. The van der Waals surface area contributed by atoms with Crippen molar-refractivity contribution in [2.75, 3.05) is 13.1 Å². The van der Waals surface area contributed by atoms with Gasteiger partial charge in [-0.3, -0.25) is 9.59 Å². The highest BCUT2D eigenvalue weighted by Crippen LogP contribution is 2.34. The third-order valence-electron chi connectivity index (χ3n) is 5.43. The van der Waals surface area contributed by atoms with Crippen molar-refractivity contribution in [2.45, 2.75) is 52.1 Å². The summed E-state index contributed by atoms with van der Waals surface area (Å²) in [6.45, 7) is 8.25. The average Bonchev–Trinajstić information content (AvgIpc) is 3.26. The molecule has 174 valence electrons. The van der Waals surface area contributed by atoms with Gasteiger partial charge >= 0.3 is 12.1 Å². The molecule has 4 rings (SSSR count). The van der Waals surface area contributed by atoms with Crippen LogP contribution >= 0.6 is 11.3 Å². The van der Waals surface area contributed by atoms with E-state index in [9.17, 15) is 19.2 Å². The third-order valence-corrected chi connectivity index (χ3v) is 6.73. The van der Waals surface area contributed by atoms with Gasteiger partial charge < -0.3 is 14.5 Å². The number of amides is 3. The number of hydrogen-bond acceptors (Lipinski definition) is 8. The van der Waals surface area contributed by atoms with Gasteiger partial charge in [-0.05, 0) is 52.7 Å². The molecule has 1 aromatic carbocycles. The Bertz CT molecular complexity index is 1090. The van der Waals surface area contributed by atoms with Gasteiger partial charge in [0.1, 0.15) is 10.5 Å². The summed E-state index contributed by atoms with van der Waals surface area (Å²) in [5.41, 5.74) is 0.337. The molecule has 3 heterocycles. The smallest absolute Gasteiger partial charge is 0.410 e. The molecule has 2 aliphatic rings. The average molecular weight is 472 g/mol. The second-order valence-corrected chi connectivity index (χ2v) is 10.1. The lowest BCUT2D eigenvalue weighted by molar-refractivity contribution is -0.0581. The van der Waals surface area contributed by atoms with Gasteiger partial charge in [0.15, 0.2) is 0 Å². The number of fused-ring (bicyclic) bond motifs is 1. The zero-order valence-corrected chi connectivity index (χ0v) is 19.7. The standard InChI is InChI=1S/C23H25N3O6S/c1-13-17(21(29)32-26-19(27)15-7-5-6-8-16(15)20(26)28)33-18(24-13)14-9-11-25(12-10-14)22(30)31-23(2,3)4/h5-8,14H,9-12H2,1-4H3. The zero-order valence-electron chi connectivity index (χ0n) is 18.9. The summed E-state index contributed by atoms with van der Waals surface area (Å²) in [4.78, 5) is 61.6. The molecular formula is C23H25N3O6S. The van der Waals surface area contributed by atoms with Crippen molar-refractivity contribution < 1.29 is 28.8 Å². The van der Waals surface area contributed by atoms with Crippen molar-refractivity contribution in [1.29, 1.82) is 0 Å². The molecule has 3 amide bonds. The van der Waals surface area contributed by atoms with Gasteiger partial charge in [-0.1, -0.05) is 17.2 Å². The summed E-state index contributed by atoms with van der Waals surface area (Å²) in [5, 5.41) is 1.27. The van der Waals surface area contributed by atoms with E-state index in [-0.39, 0.29) is 28.0 Å². The van der Waals surface area contributed by atoms with Crippen LogP contribution in [0.4, 0.5) is 4.79 Å². The molecule has 0 unspecified atom stereocenters. The molecule has 0 radical (unpaired) electrons. The molecule has 2 aromatic rings. The van der Waals surface area contributed by atoms with Crippen LogP contribution in [0.15, 0.2) is 24.3 Å². The second-order valence-electron chi connectivity index (χ2n) is 9.04. The van der Waals surface area contributed by atoms with Crippen LogP contribution < -0.4 is 0 Å². The zero-order chi connectivity index (χ0) is 23.9. The monoisotopic (exact) mass is 471 g/mol. The fourth-order valence-corrected chi connectivity index (χ4v) is 4.90. The lowest BCUT2D eigenvalue weighted by atomic mass is 9.98. The predicted molar refractivity (Wildman–Crippen MR) is 119 cm³/mol. The molecular weight excluding hydrogens is 446 g/mol. The number of likely N-dealkylation sites (tertiary alicyclic amines) is 1. The Morgan fingerprint density at radius 3 is 2.18 bits per heavy atom. The number of hydroxylamine groups is 2. The molecule has 0 N–H and O–H groups in total. The van der Waals surface area contributed by atoms with Crippen LogP contribution in [0.25, 0.3) is 0 Å². The number of nitrogens with zero attached hydrogens (tertiary/aromatic N) is 3. The van der Waals surface area contributed by atoms with E-state index in [1.54, 1.807) is 24.0 Å². The number of ether oxygens (including phenoxy) is 1. The van der Waals surface area contributed by atoms with Crippen LogP contribution in [-0.4, -0.2) is 57.5 Å². The summed E-state index contributed by atoms with van der Waals surface area (Å²) in [5.74, 6) is -2.04. The lowest BCUT2D eigenvalue weighted by Crippen LogP contribution is -2.41. The number of carbonyl (C=O) groups is 4. The van der Waals surface area contributed by atoms with Crippen LogP contribution in [-0.2, 0) is 9.57 Å². The van der Waals surface area contributed by atoms with E-state index in [0.717, 1.165) is 5.01 Å². The van der Waals surface area contributed by atoms with Crippen molar-refractivity contribution in [3.8, 4) is 0 Å². The van der Waals surface area contributed by atoms with Crippen LogP contribution in [0.2, 0.25) is 0 Å². The number of piperidine rings is 1. The van der Waals surface area contributed by atoms with E-state index in [0.29, 0.717) is 36.7 Å². The quantitative estimate of drug-likeness (QED) is 0.624. The van der Waals surface area contributed by atoms with E-state index in [4.69, 9.17) is 9.57 Å². The Labute approximate surface area is 195 Å². The Hall–Kier alpha value is -3.27. The lowest BCUT2D eigenvalue weighted by Gasteiger charge is -2.32. The second kappa shape index (κ2) is 8.58. The van der Waals surface area contributed by atoms with Crippen molar-refractivity contribution in [1.82, 2.24) is 14.9 Å². The van der Waals surface area contributed by atoms with E-state index >= 15 is 0 Å². The summed E-state index contributed by atoms with van der Waals surface area (Å²) in [7, 11) is 0. The Morgan fingerprint density at radius 2 is 1.64 bits per heavy atom. The van der Waals surface area contributed by atoms with Gasteiger partial charge in [-0.2, -0.15) is 0 Å². The summed E-state index contributed by atoms with van der Waals surface area (Å²) < 4.78 is 5.43. The maximum absolute atomic E-state index is 12.8. The van der Waals surface area contributed by atoms with Crippen molar-refractivity contribution >= 4 is 35.2 Å². The molecule has 2 aliphatic heterocycles. The summed E-state index contributed by atoms with van der Waals surface area (Å²) in [6.07, 6.45) is 1.06. The number of hydrogen-bond donors (Lipinski definition) is 0. The first kappa shape index (κ1) is 22.9. The number of benzene rings is 1. The maximum Gasteiger partial charge on any atom is 0.410 e. The highest BCUT2D eigenvalue weighted by Gasteiger charge is 2.39. The molecule has 0 aliphatic carbocycles. The summed E-state index contributed by atoms with van der Waals surface area (Å²) >= 11 is 1.19. The molecule has 0 saturated carbocycles. The highest BCUT2D eigenvalue weighted by molar-refractivity contribution is 7.13. The highest BCUT2D eigenvalue weighted by atomic mass is 32.1. The van der Waals surface area contributed by atoms with Crippen molar-refractivity contribution in [3.05, 3.63) is 51.0 Å². The molecule has 0 bridgehead atoms. The van der Waals surface area contributed by atoms with Gasteiger partial charge in [0.05, 0.1) is 21.8 Å². The Balaban J connectivity index is 1.40. The molecule has 0 atom stereocenters. The summed E-state index contributed by atoms with van der Waals surface area (Å²) in [6, 6.07) is 6.32. The number of aromatic nitrogens is 1. The minimum Gasteiger partial charge on any atom is -0.444 e. The van der Waals surface area contributed by atoms with Gasteiger partial charge in [0.2, 0.25) is 0 Å². The number of imide groups is 1. The van der Waals surface area contributed by atoms with Crippen LogP contribution in [0.3, 0.4) is 0 Å². The Kier molecular flexibility index (Phi) is 5.96. The Morgan fingerprint density at radius 1 is 1.06 bits per heavy atom. The molecule has 33 heavy (non-hydrogen) atoms. The number of carbonyl (C=O) groups excluding carboxylic acids is 4. The van der Waals surface area contributed by atoms with Gasteiger partial charge in [0.25, 0.3) is 11.8 Å². The van der Waals surface area contributed by atoms with Crippen LogP contribution in [0, 0.1) is 6.92 Å². The van der Waals surface area contributed by atoms with Crippen LogP contribution in [0.1, 0.15) is 80.6 Å². The van der Waals surface area contributed by atoms with Crippen molar-refractivity contribution in [2.24, 2.45) is 0 Å². The number of thiazole rings is 1. The van der Waals surface area contributed by atoms with Crippen molar-refractivity contribution in [3.63, 3.8) is 0 Å². The third kappa shape index (κ3) is 4.61. The number of rotatable bonds is 3. The van der Waals surface area contributed by atoms with E-state index in [1.807, 2.05) is 20.8 Å². The van der Waals surface area contributed by atoms with Crippen LogP contribution in [0.5, 0.6) is 0 Å². The normalized spacial score (nSPS) is 16.7. The first-order valence-electron chi connectivity index (χ1n) is 10.7. The van der Waals surface area contributed by atoms with Gasteiger partial charge in [-0.15, -0.1) is 11.3 Å². The maximum atomic E-state index is 12.8. The first-order valence-corrected chi connectivity index (χ1v) is 11.5. The fourth-order valence-electron chi connectivity index (χ4n) is 3.79. The van der Waals surface area contributed by atoms with Gasteiger partial charge in [-0.25, -0.2) is 14.6 Å².